The lowest BCUT2D eigenvalue weighted by Gasteiger charge is -2.30. The van der Waals surface area contributed by atoms with Gasteiger partial charge in [0, 0.05) is 25.4 Å². The zero-order valence-electron chi connectivity index (χ0n) is 10.2. The van der Waals surface area contributed by atoms with Gasteiger partial charge in [0.1, 0.15) is 0 Å². The third-order valence-electron chi connectivity index (χ3n) is 2.84. The van der Waals surface area contributed by atoms with Crippen molar-refractivity contribution in [2.24, 2.45) is 5.92 Å². The predicted molar refractivity (Wildman–Crippen MR) is 71.5 cm³/mol. The smallest absolute Gasteiger partial charge is 0.317 e. The van der Waals surface area contributed by atoms with Crippen molar-refractivity contribution < 1.29 is 14.7 Å². The summed E-state index contributed by atoms with van der Waals surface area (Å²) in [5, 5.41) is 11.7. The maximum Gasteiger partial charge on any atom is 0.317 e. The van der Waals surface area contributed by atoms with Gasteiger partial charge in [-0.15, -0.1) is 18.2 Å². The molecule has 0 saturated carbocycles. The number of likely N-dealkylation sites (tertiary alicyclic amines) is 1. The van der Waals surface area contributed by atoms with E-state index in [1.54, 1.807) is 16.7 Å². The Kier molecular flexibility index (Phi) is 6.44. The average molecular weight is 270 g/mol. The van der Waals surface area contributed by atoms with E-state index < -0.39 is 5.97 Å². The van der Waals surface area contributed by atoms with Gasteiger partial charge in [-0.3, -0.25) is 4.79 Å². The van der Waals surface area contributed by atoms with Gasteiger partial charge in [-0.05, 0) is 12.8 Å². The highest BCUT2D eigenvalue weighted by atomic mass is 32.2. The number of amides is 2. The van der Waals surface area contributed by atoms with Gasteiger partial charge in [0.2, 0.25) is 0 Å². The number of carbonyl (C=O) groups excluding carboxylic acids is 1. The summed E-state index contributed by atoms with van der Waals surface area (Å²) in [6.45, 7) is 1.62. The second-order valence-electron chi connectivity index (χ2n) is 4.09. The fraction of sp³-hybridized carbons (Fsp3) is 0.667. The highest BCUT2D eigenvalue weighted by Crippen LogP contribution is 2.17. The number of hydrogen-bond acceptors (Lipinski definition) is 3. The Morgan fingerprint density at radius 3 is 2.67 bits per heavy atom. The number of carboxylic acids is 1. The zero-order chi connectivity index (χ0) is 13.4. The van der Waals surface area contributed by atoms with Crippen molar-refractivity contribution in [3.05, 3.63) is 0 Å². The van der Waals surface area contributed by atoms with Crippen LogP contribution in [-0.4, -0.2) is 53.1 Å². The molecular weight excluding hydrogens is 252 g/mol. The number of carboxylic acid groups (broad SMARTS) is 1. The number of nitrogens with one attached hydrogen (secondary N) is 1. The zero-order valence-corrected chi connectivity index (χ0v) is 11.0. The third kappa shape index (κ3) is 4.88. The second-order valence-corrected chi connectivity index (χ2v) is 5.19. The van der Waals surface area contributed by atoms with E-state index in [9.17, 15) is 9.59 Å². The Balaban J connectivity index is 2.16. The van der Waals surface area contributed by atoms with Crippen molar-refractivity contribution in [3.63, 3.8) is 0 Å². The van der Waals surface area contributed by atoms with E-state index in [0.717, 1.165) is 5.75 Å². The number of thioether (sulfide) groups is 1. The molecule has 0 aromatic rings. The molecule has 0 aromatic heterocycles. The lowest BCUT2D eigenvalue weighted by molar-refractivity contribution is -0.143. The Bertz CT molecular complexity index is 333. The molecule has 1 rings (SSSR count). The maximum atomic E-state index is 11.7. The van der Waals surface area contributed by atoms with Crippen molar-refractivity contribution in [2.75, 3.05) is 31.1 Å². The third-order valence-corrected chi connectivity index (χ3v) is 3.70. The summed E-state index contributed by atoms with van der Waals surface area (Å²) in [6, 6.07) is -0.111. The van der Waals surface area contributed by atoms with Crippen LogP contribution in [0.4, 0.5) is 4.79 Å². The molecular formula is C12H18N2O3S. The maximum absolute atomic E-state index is 11.7. The lowest BCUT2D eigenvalue weighted by atomic mass is 9.97. The minimum atomic E-state index is -0.763. The normalized spacial score (nSPS) is 16.1. The highest BCUT2D eigenvalue weighted by Gasteiger charge is 2.26. The molecule has 0 aliphatic carbocycles. The molecule has 1 saturated heterocycles. The van der Waals surface area contributed by atoms with Gasteiger partial charge >= 0.3 is 12.0 Å². The number of rotatable bonds is 5. The van der Waals surface area contributed by atoms with Crippen LogP contribution in [0.25, 0.3) is 0 Å². The van der Waals surface area contributed by atoms with Crippen LogP contribution in [0.2, 0.25) is 0 Å². The first-order valence-electron chi connectivity index (χ1n) is 5.92. The summed E-state index contributed by atoms with van der Waals surface area (Å²) >= 11 is 1.60. The van der Waals surface area contributed by atoms with E-state index in [2.05, 4.69) is 11.2 Å². The van der Waals surface area contributed by atoms with Crippen molar-refractivity contribution >= 4 is 23.8 Å². The average Bonchev–Trinajstić information content (AvgIpc) is 2.38. The van der Waals surface area contributed by atoms with Gasteiger partial charge in [0.15, 0.2) is 0 Å². The topological polar surface area (TPSA) is 69.6 Å². The minimum absolute atomic E-state index is 0.111. The van der Waals surface area contributed by atoms with E-state index in [0.29, 0.717) is 38.2 Å². The Morgan fingerprint density at radius 2 is 2.11 bits per heavy atom. The van der Waals surface area contributed by atoms with E-state index in [1.807, 2.05) is 0 Å². The number of terminal acetylenes is 1. The summed E-state index contributed by atoms with van der Waals surface area (Å²) in [5.41, 5.74) is 0. The number of hydrogen-bond donors (Lipinski definition) is 2. The number of piperidine rings is 1. The molecule has 1 heterocycles. The van der Waals surface area contributed by atoms with Gasteiger partial charge < -0.3 is 15.3 Å². The molecule has 18 heavy (non-hydrogen) atoms. The van der Waals surface area contributed by atoms with Crippen LogP contribution < -0.4 is 5.32 Å². The second kappa shape index (κ2) is 7.88. The van der Waals surface area contributed by atoms with Crippen LogP contribution in [0.3, 0.4) is 0 Å². The Hall–Kier alpha value is -1.35. The lowest BCUT2D eigenvalue weighted by Crippen LogP contribution is -2.46. The van der Waals surface area contributed by atoms with Crippen LogP contribution in [0.5, 0.6) is 0 Å². The summed E-state index contributed by atoms with van der Waals surface area (Å²) in [6.07, 6.45) is 6.18. The van der Waals surface area contributed by atoms with E-state index >= 15 is 0 Å². The van der Waals surface area contributed by atoms with Crippen molar-refractivity contribution in [1.29, 1.82) is 0 Å². The van der Waals surface area contributed by atoms with Gasteiger partial charge in [0.25, 0.3) is 0 Å². The van der Waals surface area contributed by atoms with Crippen molar-refractivity contribution in [2.45, 2.75) is 12.8 Å². The first-order valence-corrected chi connectivity index (χ1v) is 7.07. The summed E-state index contributed by atoms with van der Waals surface area (Å²) < 4.78 is 0. The van der Waals surface area contributed by atoms with Crippen LogP contribution in [0, 0.1) is 18.3 Å². The number of nitrogens with zero attached hydrogens (tertiary/aromatic N) is 1. The molecule has 1 fully saturated rings. The number of aliphatic carboxylic acids is 1. The van der Waals surface area contributed by atoms with E-state index in [-0.39, 0.29) is 11.9 Å². The summed E-state index contributed by atoms with van der Waals surface area (Å²) in [4.78, 5) is 24.2. The van der Waals surface area contributed by atoms with Crippen molar-refractivity contribution in [3.8, 4) is 12.3 Å². The fourth-order valence-electron chi connectivity index (χ4n) is 1.80. The molecule has 0 spiro atoms. The molecule has 2 amide bonds. The van der Waals surface area contributed by atoms with E-state index in [4.69, 9.17) is 11.5 Å². The molecule has 0 atom stereocenters. The molecule has 100 valence electrons. The Morgan fingerprint density at radius 1 is 1.44 bits per heavy atom. The SMILES string of the molecule is C#CCSCCNC(=O)N1CCC(C(=O)O)CC1. The molecule has 2 N–H and O–H groups in total. The van der Waals surface area contributed by atoms with Gasteiger partial charge in [-0.2, -0.15) is 0 Å². The minimum Gasteiger partial charge on any atom is -0.481 e. The molecule has 1 aliphatic heterocycles. The molecule has 0 radical (unpaired) electrons. The predicted octanol–water partition coefficient (Wildman–Crippen LogP) is 0.859. The molecule has 6 heteroatoms. The molecule has 1 aliphatic rings. The molecule has 0 aromatic carbocycles. The molecule has 5 nitrogen and oxygen atoms in total. The van der Waals surface area contributed by atoms with Crippen LogP contribution in [-0.2, 0) is 4.79 Å². The van der Waals surface area contributed by atoms with Gasteiger partial charge in [-0.25, -0.2) is 4.79 Å². The first kappa shape index (κ1) is 14.7. The molecule has 0 bridgehead atoms. The largest absolute Gasteiger partial charge is 0.481 e. The van der Waals surface area contributed by atoms with Crippen LogP contribution in [0.15, 0.2) is 0 Å². The Labute approximate surface area is 111 Å². The van der Waals surface area contributed by atoms with E-state index in [1.165, 1.54) is 0 Å². The highest BCUT2D eigenvalue weighted by molar-refractivity contribution is 7.99. The first-order chi connectivity index (χ1) is 8.65. The van der Waals surface area contributed by atoms with Gasteiger partial charge in [0.05, 0.1) is 11.7 Å². The van der Waals surface area contributed by atoms with Crippen molar-refractivity contribution in [1.82, 2.24) is 10.2 Å². The summed E-state index contributed by atoms with van der Waals surface area (Å²) in [5.74, 6) is 2.90. The quantitative estimate of drug-likeness (QED) is 0.574. The number of carbonyl (C=O) groups is 2. The molecule has 0 unspecified atom stereocenters. The summed E-state index contributed by atoms with van der Waals surface area (Å²) in [7, 11) is 0. The number of urea groups is 1. The van der Waals surface area contributed by atoms with Crippen LogP contribution in [0.1, 0.15) is 12.8 Å². The van der Waals surface area contributed by atoms with Crippen LogP contribution >= 0.6 is 11.8 Å². The standard InChI is InChI=1S/C12H18N2O3S/c1-2-8-18-9-5-13-12(17)14-6-3-10(4-7-14)11(15)16/h1,10H,3-9H2,(H,13,17)(H,15,16). The van der Waals surface area contributed by atoms with Gasteiger partial charge in [-0.1, -0.05) is 5.92 Å². The monoisotopic (exact) mass is 270 g/mol. The fourth-order valence-corrected chi connectivity index (χ4v) is 2.31.